The minimum atomic E-state index is -1.88. The van der Waals surface area contributed by atoms with Crippen molar-refractivity contribution in [3.63, 3.8) is 0 Å². The maximum atomic E-state index is 15.9. The van der Waals surface area contributed by atoms with Gasteiger partial charge in [-0.25, -0.2) is 4.79 Å². The first kappa shape index (κ1) is 116. The molecule has 135 heavy (non-hydrogen) atoms. The van der Waals surface area contributed by atoms with E-state index in [0.29, 0.717) is 31.4 Å². The van der Waals surface area contributed by atoms with E-state index < -0.39 is 229 Å². The fourth-order valence-corrected chi connectivity index (χ4v) is 20.6. The van der Waals surface area contributed by atoms with Gasteiger partial charge in [0.2, 0.25) is 48.0 Å². The Morgan fingerprint density at radius 2 is 1.03 bits per heavy atom. The molecule has 33 heteroatoms. The molecule has 6 amide bonds. The Balaban J connectivity index is 1.33. The van der Waals surface area contributed by atoms with Crippen LogP contribution in [0, 0.1) is 93.7 Å². The molecule has 33 nitrogen and oxygen atoms in total. The molecule has 0 aromatic carbocycles. The summed E-state index contributed by atoms with van der Waals surface area (Å²) in [6.45, 7) is 35.8. The highest BCUT2D eigenvalue weighted by molar-refractivity contribution is 6.02. The Kier molecular flexibility index (Phi) is 45.1. The average molecular weight is 1900 g/mol. The maximum absolute atomic E-state index is 15.9. The molecule has 13 unspecified atom stereocenters. The lowest BCUT2D eigenvalue weighted by molar-refractivity contribution is -0.181. The summed E-state index contributed by atoms with van der Waals surface area (Å²) in [4.78, 5) is 252. The van der Waals surface area contributed by atoms with Crippen molar-refractivity contribution in [3.05, 3.63) is 48.2 Å². The summed E-state index contributed by atoms with van der Waals surface area (Å²) in [5.41, 5.74) is -2.11. The van der Waals surface area contributed by atoms with Crippen molar-refractivity contribution in [1.82, 2.24) is 34.3 Å². The fourth-order valence-electron chi connectivity index (χ4n) is 20.6. The van der Waals surface area contributed by atoms with Crippen molar-refractivity contribution in [2.24, 2.45) is 93.7 Å². The van der Waals surface area contributed by atoms with Crippen molar-refractivity contribution < 1.29 is 125 Å². The topological polar surface area (TPSA) is 418 Å². The molecule has 0 radical (unpaired) electrons. The Labute approximate surface area is 800 Å². The molecule has 3 saturated carbocycles. The van der Waals surface area contributed by atoms with E-state index in [0.717, 1.165) is 10.5 Å². The third kappa shape index (κ3) is 30.8. The number of hydrogen-bond acceptors (Lipinski definition) is 27. The van der Waals surface area contributed by atoms with E-state index in [9.17, 15) is 67.7 Å². The maximum Gasteiger partial charge on any atom is 0.511 e. The second-order valence-corrected chi connectivity index (χ2v) is 41.4. The summed E-state index contributed by atoms with van der Waals surface area (Å²) in [6, 6.07) is -7.42. The van der Waals surface area contributed by atoms with Crippen molar-refractivity contribution in [2.45, 2.75) is 308 Å². The SMILES string of the molecule is C=C1CN(C)C(=O)C(CC)CC(=O)C([C@H](OC(=O)OCOC(=O)CCC(=O)OCCOCCOC(=O)CCC(=O)OCC(=O)[C@@]2(O)CCC3C4CCC5=CC(=O)C=C[C@]5(C)C4C(O)C[C@@]32C)[C@H](C)C/C=C/C)N(C)C(=O)C(C(C)C)N(C)C(=O)C(CC(C)C)N(C)C(=O)C(CC(C)C)N(C)C(=O)C(C)CC(=O)C(C)CC(=O)C(CC(C)C)N(C)C(=O)C(C(C)C)CC(=O)[C@H](CC(C)C)N1C. The van der Waals surface area contributed by atoms with Gasteiger partial charge in [0, 0.05) is 121 Å². The van der Waals surface area contributed by atoms with Crippen LogP contribution in [0.2, 0.25) is 0 Å². The van der Waals surface area contributed by atoms with Gasteiger partial charge in [-0.1, -0.05) is 155 Å². The number of rotatable bonds is 33. The first-order chi connectivity index (χ1) is 63.0. The van der Waals surface area contributed by atoms with E-state index in [1.165, 1.54) is 72.9 Å². The van der Waals surface area contributed by atoms with Gasteiger partial charge in [0.25, 0.3) is 0 Å². The Morgan fingerprint density at radius 3 is 1.56 bits per heavy atom. The summed E-state index contributed by atoms with van der Waals surface area (Å²) in [6.07, 6.45) is 4.44. The van der Waals surface area contributed by atoms with E-state index in [-0.39, 0.29) is 162 Å². The van der Waals surface area contributed by atoms with E-state index in [4.69, 9.17) is 33.2 Å². The minimum absolute atomic E-state index is 0.0283. The quantitative estimate of drug-likeness (QED) is 0.0203. The molecule has 760 valence electrons. The van der Waals surface area contributed by atoms with Crippen LogP contribution in [-0.4, -0.2) is 294 Å². The number of fused-ring (bicyclic) bond motifs is 5. The largest absolute Gasteiger partial charge is 0.511 e. The summed E-state index contributed by atoms with van der Waals surface area (Å²) < 4.78 is 37.6. The minimum Gasteiger partial charge on any atom is -0.463 e. The zero-order valence-electron chi connectivity index (χ0n) is 85.5. The first-order valence-corrected chi connectivity index (χ1v) is 48.6. The summed E-state index contributed by atoms with van der Waals surface area (Å²) >= 11 is 0. The van der Waals surface area contributed by atoms with Gasteiger partial charge in [-0.3, -0.25) is 76.7 Å². The standard InChI is InChI=1S/C102H161N7O26/c1-28-30-31-65(15)92(135-99(127)134-58-133-88(120)37-35-86(118)131-45-43-129-42-44-130-85(117)34-36-87(119)132-57-84(116)102(128)41-39-74-72-33-32-70-53-71(110)38-40-100(70,19)89(72)83(115)55-101(74,102)20)91-82(114)52-69(29-2)94(122)103(21)56-68(18)104(22)75(46-59(3)4)81(113)54-73(63(11)12)95(123)105(23)76(47-60(5)6)80(112)50-66(16)79(111)51-67(17)93(121)106(24)77(48-61(7)8)96(124)107(25)78(49-62(9)10)97(125)108(26)90(64(13)14)98(126)109(91)27/h28,30,38,40,53,59-67,69,72-78,83,89-92,115,128H,18,29,31-37,39,41-52,54-58H2,1-17,19-27H3/b30-28+/t65-,66?,67?,69?,72?,73?,74?,75+,76?,77?,78?,83?,89?,90?,91?,92-,100+,101+,102+/m1/s1. The van der Waals surface area contributed by atoms with E-state index in [1.807, 2.05) is 89.2 Å². The molecular weight excluding hydrogens is 1740 g/mol. The molecule has 0 spiro atoms. The zero-order chi connectivity index (χ0) is 102. The predicted octanol–water partition coefficient (Wildman–Crippen LogP) is 11.1. The number of allylic oxidation sites excluding steroid dienone is 6. The molecule has 4 aliphatic carbocycles. The first-order valence-electron chi connectivity index (χ1n) is 48.6. The van der Waals surface area contributed by atoms with Gasteiger partial charge in [-0.2, -0.15) is 0 Å². The van der Waals surface area contributed by atoms with Crippen LogP contribution in [0.1, 0.15) is 254 Å². The van der Waals surface area contributed by atoms with Gasteiger partial charge >= 0.3 is 30.0 Å². The second-order valence-electron chi connectivity index (χ2n) is 41.4. The average Bonchev–Trinajstić information content (AvgIpc) is 1.56. The monoisotopic (exact) mass is 1900 g/mol. The van der Waals surface area contributed by atoms with E-state index in [2.05, 4.69) is 6.58 Å². The molecule has 0 bridgehead atoms. The Bertz CT molecular complexity index is 4280. The molecule has 5 rings (SSSR count). The molecule has 2 N–H and O–H groups in total. The number of carbonyl (C=O) groups excluding carboxylic acids is 17. The normalized spacial score (nSPS) is 28.7. The molecule has 0 aromatic rings. The van der Waals surface area contributed by atoms with Gasteiger partial charge in [0.1, 0.15) is 54.9 Å². The molecule has 5 aliphatic rings. The van der Waals surface area contributed by atoms with E-state index in [1.54, 1.807) is 78.6 Å². The van der Waals surface area contributed by atoms with Crippen molar-refractivity contribution in [3.8, 4) is 0 Å². The number of carbonyl (C=O) groups is 17. The third-order valence-corrected chi connectivity index (χ3v) is 28.6. The number of hydrogen-bond donors (Lipinski definition) is 2. The van der Waals surface area contributed by atoms with Gasteiger partial charge in [-0.15, -0.1) is 0 Å². The highest BCUT2D eigenvalue weighted by Gasteiger charge is 2.68. The number of aliphatic hydroxyl groups is 2. The van der Waals surface area contributed by atoms with Crippen LogP contribution in [0.15, 0.2) is 48.2 Å². The number of ketones is 6. The Hall–Kier alpha value is -9.37. The van der Waals surface area contributed by atoms with Gasteiger partial charge in [0.05, 0.1) is 63.6 Å². The van der Waals surface area contributed by atoms with Crippen LogP contribution in [0.3, 0.4) is 0 Å². The van der Waals surface area contributed by atoms with Crippen LogP contribution in [0.5, 0.6) is 0 Å². The van der Waals surface area contributed by atoms with Crippen molar-refractivity contribution >= 4 is 100 Å². The molecular formula is C102H161N7O26. The molecule has 19 atom stereocenters. The number of nitrogens with zero attached hydrogens (tertiary/aromatic N) is 7. The van der Waals surface area contributed by atoms with Crippen LogP contribution < -0.4 is 0 Å². The molecule has 1 heterocycles. The predicted molar refractivity (Wildman–Crippen MR) is 504 cm³/mol. The highest BCUT2D eigenvalue weighted by atomic mass is 16.8. The highest BCUT2D eigenvalue weighted by Crippen LogP contribution is 2.67. The number of esters is 4. The molecule has 1 aliphatic heterocycles. The number of aliphatic hydroxyl groups excluding tert-OH is 1. The summed E-state index contributed by atoms with van der Waals surface area (Å²) in [7, 11) is 10.4. The third-order valence-electron chi connectivity index (χ3n) is 28.6. The Morgan fingerprint density at radius 1 is 0.541 bits per heavy atom. The molecule has 4 fully saturated rings. The van der Waals surface area contributed by atoms with Gasteiger partial charge < -0.3 is 77.7 Å². The number of amides is 6. The number of Topliss-reactive ketones (excluding diaryl/α,β-unsaturated/α-hetero) is 5. The fraction of sp³-hybridized carbons (Fsp3) is 0.755. The zero-order valence-corrected chi connectivity index (χ0v) is 85.5. The lowest BCUT2D eigenvalue weighted by Crippen LogP contribution is -2.62. The molecule has 0 aromatic heterocycles. The van der Waals surface area contributed by atoms with Crippen LogP contribution in [0.4, 0.5) is 4.79 Å². The van der Waals surface area contributed by atoms with Crippen LogP contribution >= 0.6 is 0 Å². The van der Waals surface area contributed by atoms with E-state index >= 15 is 24.0 Å². The summed E-state index contributed by atoms with van der Waals surface area (Å²) in [5, 5.41) is 23.8. The lowest BCUT2D eigenvalue weighted by Gasteiger charge is -2.59. The van der Waals surface area contributed by atoms with Crippen LogP contribution in [-0.2, 0) is 110 Å². The molecule has 1 saturated heterocycles. The van der Waals surface area contributed by atoms with Crippen molar-refractivity contribution in [2.75, 3.05) is 95.7 Å². The summed E-state index contributed by atoms with van der Waals surface area (Å²) in [5.74, 6) is -16.5. The smallest absolute Gasteiger partial charge is 0.463 e. The second kappa shape index (κ2) is 52.4. The number of likely N-dealkylation sites (N-methyl/N-ethyl adjacent to an activating group) is 7. The van der Waals surface area contributed by atoms with Gasteiger partial charge in [-0.05, 0) is 143 Å². The van der Waals surface area contributed by atoms with Gasteiger partial charge in [0.15, 0.2) is 29.7 Å². The van der Waals surface area contributed by atoms with Crippen LogP contribution in [0.25, 0.3) is 0 Å². The van der Waals surface area contributed by atoms with Crippen molar-refractivity contribution in [1.29, 1.82) is 0 Å². The lowest BCUT2D eigenvalue weighted by atomic mass is 9.46. The number of ether oxygens (including phenoxy) is 7.